The Bertz CT molecular complexity index is 3360. The molecule has 2 aliphatic heterocycles. The molecule has 0 aromatic heterocycles. The van der Waals surface area contributed by atoms with Gasteiger partial charge in [-0.2, -0.15) is 0 Å². The van der Waals surface area contributed by atoms with Crippen LogP contribution in [0.2, 0.25) is 0 Å². The van der Waals surface area contributed by atoms with Gasteiger partial charge in [-0.05, 0) is 138 Å². The Morgan fingerprint density at radius 2 is 0.956 bits per heavy atom. The van der Waals surface area contributed by atoms with Gasteiger partial charge in [0.05, 0.1) is 44.5 Å². The number of anilines is 1. The van der Waals surface area contributed by atoms with E-state index < -0.39 is 41.0 Å². The van der Waals surface area contributed by atoms with Crippen molar-refractivity contribution in [3.63, 3.8) is 0 Å². The van der Waals surface area contributed by atoms with Crippen molar-refractivity contribution >= 4 is 41.3 Å². The maximum Gasteiger partial charge on any atom is 0.343 e. The molecule has 0 radical (unpaired) electrons. The highest BCUT2D eigenvalue weighted by Crippen LogP contribution is 2.56. The van der Waals surface area contributed by atoms with Crippen LogP contribution in [0, 0.1) is 0 Å². The van der Waals surface area contributed by atoms with Gasteiger partial charge >= 0.3 is 11.9 Å². The summed E-state index contributed by atoms with van der Waals surface area (Å²) < 4.78 is 17.7. The van der Waals surface area contributed by atoms with Crippen molar-refractivity contribution in [2.45, 2.75) is 25.2 Å². The molecule has 2 aliphatic carbocycles. The van der Waals surface area contributed by atoms with Crippen LogP contribution in [0.1, 0.15) is 104 Å². The number of fused-ring (bicyclic) bond motifs is 5. The molecule has 2 heterocycles. The van der Waals surface area contributed by atoms with E-state index in [4.69, 9.17) is 14.2 Å². The van der Waals surface area contributed by atoms with E-state index in [2.05, 4.69) is 31.2 Å². The van der Waals surface area contributed by atoms with Crippen LogP contribution in [0.4, 0.5) is 5.69 Å². The second kappa shape index (κ2) is 16.2. The lowest BCUT2D eigenvalue weighted by molar-refractivity contribution is 0.0688. The first-order chi connectivity index (χ1) is 33.0. The van der Waals surface area contributed by atoms with Gasteiger partial charge in [0.15, 0.2) is 0 Å². The van der Waals surface area contributed by atoms with E-state index in [-0.39, 0.29) is 44.9 Å². The minimum atomic E-state index is -0.840. The number of imide groups is 2. The van der Waals surface area contributed by atoms with Crippen molar-refractivity contribution in [2.75, 3.05) is 11.9 Å². The van der Waals surface area contributed by atoms with Crippen molar-refractivity contribution in [3.05, 3.63) is 237 Å². The zero-order valence-corrected chi connectivity index (χ0v) is 36.6. The fourth-order valence-corrected chi connectivity index (χ4v) is 9.61. The zero-order chi connectivity index (χ0) is 46.8. The van der Waals surface area contributed by atoms with Gasteiger partial charge in [-0.3, -0.25) is 24.1 Å². The summed E-state index contributed by atoms with van der Waals surface area (Å²) in [6, 6.07) is 46.3. The van der Waals surface area contributed by atoms with E-state index in [1.54, 1.807) is 48.5 Å². The fraction of sp³-hybridized carbons (Fsp3) is 0.0877. The van der Waals surface area contributed by atoms with E-state index in [9.17, 15) is 28.8 Å². The topological polar surface area (TPSA) is 137 Å². The Labute approximate surface area is 390 Å². The molecular formula is C57H38N2O9. The number of hydrogen-bond acceptors (Lipinski definition) is 9. The molecule has 0 N–H and O–H groups in total. The Kier molecular flexibility index (Phi) is 9.93. The largest absolute Gasteiger partial charge is 0.462 e. The van der Waals surface area contributed by atoms with Gasteiger partial charge in [0.2, 0.25) is 0 Å². The van der Waals surface area contributed by atoms with Crippen molar-refractivity contribution < 1.29 is 43.0 Å². The molecule has 0 unspecified atom stereocenters. The minimum Gasteiger partial charge on any atom is -0.462 e. The second-order valence-electron chi connectivity index (χ2n) is 17.0. The van der Waals surface area contributed by atoms with E-state index in [0.29, 0.717) is 11.4 Å². The maximum absolute atomic E-state index is 13.7. The summed E-state index contributed by atoms with van der Waals surface area (Å²) in [5.41, 5.74) is 7.65. The number of nitrogens with zero attached hydrogens (tertiary/aromatic N) is 2. The number of rotatable bonds is 9. The first kappa shape index (κ1) is 41.7. The van der Waals surface area contributed by atoms with Crippen molar-refractivity contribution in [1.82, 2.24) is 4.90 Å². The van der Waals surface area contributed by atoms with Crippen LogP contribution in [0.25, 0.3) is 11.1 Å². The molecule has 0 saturated carbocycles. The van der Waals surface area contributed by atoms with Gasteiger partial charge in [0.1, 0.15) is 23.0 Å². The number of esters is 2. The summed E-state index contributed by atoms with van der Waals surface area (Å²) in [4.78, 5) is 81.4. The van der Waals surface area contributed by atoms with Crippen molar-refractivity contribution in [2.24, 2.45) is 0 Å². The number of amides is 4. The third-order valence-electron chi connectivity index (χ3n) is 13.1. The molecule has 7 aromatic rings. The number of benzene rings is 7. The molecule has 4 amide bonds. The van der Waals surface area contributed by atoms with Gasteiger partial charge in [-0.15, -0.1) is 0 Å². The number of allylic oxidation sites excluding steroid dienone is 4. The Balaban J connectivity index is 0.844. The predicted molar refractivity (Wildman–Crippen MR) is 252 cm³/mol. The van der Waals surface area contributed by atoms with Crippen LogP contribution >= 0.6 is 0 Å². The zero-order valence-electron chi connectivity index (χ0n) is 36.6. The van der Waals surface area contributed by atoms with Crippen LogP contribution in [-0.4, -0.2) is 47.5 Å². The molecule has 7 aromatic carbocycles. The Morgan fingerprint density at radius 3 is 1.49 bits per heavy atom. The van der Waals surface area contributed by atoms with E-state index in [0.717, 1.165) is 61.8 Å². The summed E-state index contributed by atoms with van der Waals surface area (Å²) in [6.07, 6.45) is 5.68. The SMILES string of the molecule is CC1=CC=C(Oc2ccc(N3C(=O)c4ccc(C(=O)Oc5ccc(C6(c7ccc(OC(=O)c8ccc9c(c8)C(=O)N(C)C9=O)cc7)c7ccccc7-c7ccccc76)cc5)cc4C3=O)cc2)CC1. The molecule has 0 spiro atoms. The van der Waals surface area contributed by atoms with E-state index in [1.807, 2.05) is 60.7 Å². The molecule has 11 rings (SSSR count). The number of carbonyl (C=O) groups is 6. The van der Waals surface area contributed by atoms with E-state index in [1.165, 1.54) is 49.0 Å². The molecule has 0 saturated heterocycles. The summed E-state index contributed by atoms with van der Waals surface area (Å²) in [6.45, 7) is 2.07. The summed E-state index contributed by atoms with van der Waals surface area (Å²) in [7, 11) is 1.40. The highest BCUT2D eigenvalue weighted by molar-refractivity contribution is 6.34. The lowest BCUT2D eigenvalue weighted by atomic mass is 9.68. The first-order valence-corrected chi connectivity index (χ1v) is 22.0. The van der Waals surface area contributed by atoms with Crippen LogP contribution in [0.15, 0.2) is 181 Å². The van der Waals surface area contributed by atoms with Gasteiger partial charge < -0.3 is 14.2 Å². The molecular weight excluding hydrogens is 857 g/mol. The lowest BCUT2D eigenvalue weighted by Crippen LogP contribution is -2.29. The normalized spacial score (nSPS) is 15.3. The van der Waals surface area contributed by atoms with Crippen molar-refractivity contribution in [1.29, 1.82) is 0 Å². The van der Waals surface area contributed by atoms with Gasteiger partial charge in [0, 0.05) is 13.5 Å². The Morgan fingerprint density at radius 1 is 0.485 bits per heavy atom. The lowest BCUT2D eigenvalue weighted by Gasteiger charge is -2.34. The maximum atomic E-state index is 13.7. The quantitative estimate of drug-likeness (QED) is 0.0788. The molecule has 330 valence electrons. The third-order valence-corrected chi connectivity index (χ3v) is 13.1. The van der Waals surface area contributed by atoms with Crippen LogP contribution in [0.5, 0.6) is 17.2 Å². The van der Waals surface area contributed by atoms with Crippen LogP contribution in [-0.2, 0) is 5.41 Å². The highest BCUT2D eigenvalue weighted by Gasteiger charge is 2.46. The first-order valence-electron chi connectivity index (χ1n) is 22.0. The van der Waals surface area contributed by atoms with Crippen LogP contribution in [0.3, 0.4) is 0 Å². The smallest absolute Gasteiger partial charge is 0.343 e. The number of ether oxygens (including phenoxy) is 3. The summed E-state index contributed by atoms with van der Waals surface area (Å²) >= 11 is 0. The minimum absolute atomic E-state index is 0.0985. The molecule has 0 atom stereocenters. The van der Waals surface area contributed by atoms with Crippen molar-refractivity contribution in [3.8, 4) is 28.4 Å². The average Bonchev–Trinajstić information content (AvgIpc) is 3.90. The number of carbonyl (C=O) groups excluding carboxylic acids is 6. The third kappa shape index (κ3) is 6.74. The molecule has 11 heteroatoms. The highest BCUT2D eigenvalue weighted by atomic mass is 16.5. The van der Waals surface area contributed by atoms with E-state index >= 15 is 0 Å². The Hall–Kier alpha value is -8.96. The number of hydrogen-bond donors (Lipinski definition) is 0. The predicted octanol–water partition coefficient (Wildman–Crippen LogP) is 10.5. The van der Waals surface area contributed by atoms with Gasteiger partial charge in [-0.25, -0.2) is 14.5 Å². The molecule has 11 nitrogen and oxygen atoms in total. The molecule has 0 fully saturated rings. The van der Waals surface area contributed by atoms with Gasteiger partial charge in [-0.1, -0.05) is 84.4 Å². The second-order valence-corrected chi connectivity index (χ2v) is 17.0. The summed E-state index contributed by atoms with van der Waals surface area (Å²) in [5, 5.41) is 0. The summed E-state index contributed by atoms with van der Waals surface area (Å²) in [5.74, 6) is -1.36. The molecule has 0 bridgehead atoms. The molecule has 68 heavy (non-hydrogen) atoms. The molecule has 4 aliphatic rings. The van der Waals surface area contributed by atoms with Gasteiger partial charge in [0.25, 0.3) is 23.6 Å². The average molecular weight is 895 g/mol. The monoisotopic (exact) mass is 894 g/mol. The van der Waals surface area contributed by atoms with Crippen LogP contribution < -0.4 is 19.1 Å². The fourth-order valence-electron chi connectivity index (χ4n) is 9.61. The standard InChI is InChI=1S/C57H38N2O9/c1-33-11-21-39(22-12-33)66-40-27-19-38(20-28-40)59-53(62)46-30-14-35(32-48(46)54(59)63)56(65)68-42-25-17-37(18-26-42)57(49-9-5-3-7-43(49)44-8-4-6-10-50(44)57)36-15-23-41(24-16-36)67-55(64)34-13-29-45-47(31-34)52(61)58(2)51(45)60/h3-11,13-21,23-32H,12,22H2,1-2H3.